The van der Waals surface area contributed by atoms with Crippen LogP contribution in [0.3, 0.4) is 0 Å². The molecule has 0 fully saturated rings. The minimum absolute atomic E-state index is 0.133. The minimum atomic E-state index is -4.88. The van der Waals surface area contributed by atoms with E-state index in [2.05, 4.69) is 38.2 Å². The molecule has 0 bridgehead atoms. The summed E-state index contributed by atoms with van der Waals surface area (Å²) in [7, 11) is -4.88. The van der Waals surface area contributed by atoms with Gasteiger partial charge in [-0.15, -0.1) is 0 Å². The van der Waals surface area contributed by atoms with Crippen molar-refractivity contribution < 1.29 is 52.3 Å². The summed E-state index contributed by atoms with van der Waals surface area (Å²) in [4.78, 5) is 60.6. The number of carbonyl (C=O) groups excluding carboxylic acids is 3. The van der Waals surface area contributed by atoms with Crippen LogP contribution < -0.4 is 5.32 Å². The maximum absolute atomic E-state index is 12.9. The molecule has 0 aromatic rings. The maximum atomic E-state index is 12.9. The number of phosphoric ester groups is 1. The van der Waals surface area contributed by atoms with Crippen molar-refractivity contribution in [2.24, 2.45) is 0 Å². The van der Waals surface area contributed by atoms with Crippen molar-refractivity contribution in [2.45, 2.75) is 315 Å². The standard InChI is InChI=1S/C58H110NO11P/c1-4-7-10-13-16-19-22-25-27-30-33-36-39-42-45-48-56(61)67-50-53(70-57(62)49-46-43-40-37-34-31-28-26-23-20-17-14-11-8-5-2)51-68-71(65,66)69-52-54(58(63)64)59-55(60)47-44-41-38-35-32-29-24-21-18-15-12-9-6-3/h26,28,53-54H,4-25,27,29-52H2,1-3H3,(H,59,60)(H,63,64)(H,65,66). The lowest BCUT2D eigenvalue weighted by Crippen LogP contribution is -2.43. The fourth-order valence-corrected chi connectivity index (χ4v) is 9.49. The molecule has 0 saturated heterocycles. The van der Waals surface area contributed by atoms with E-state index in [0.29, 0.717) is 19.3 Å². The Morgan fingerprint density at radius 1 is 0.437 bits per heavy atom. The Hall–Kier alpha value is -2.27. The second-order valence-electron chi connectivity index (χ2n) is 20.3. The van der Waals surface area contributed by atoms with Gasteiger partial charge in [0, 0.05) is 19.3 Å². The topological polar surface area (TPSA) is 175 Å². The number of nitrogens with one attached hydrogen (secondary N) is 1. The second kappa shape index (κ2) is 52.6. The first-order chi connectivity index (χ1) is 34.5. The number of rotatable bonds is 56. The number of carbonyl (C=O) groups is 4. The molecule has 12 nitrogen and oxygen atoms in total. The zero-order chi connectivity index (χ0) is 52.1. The molecule has 0 radical (unpaired) electrons. The molecule has 1 amide bonds. The lowest BCUT2D eigenvalue weighted by atomic mass is 10.0. The molecule has 0 saturated carbocycles. The highest BCUT2D eigenvalue weighted by Crippen LogP contribution is 2.43. The number of carboxylic acids is 1. The summed E-state index contributed by atoms with van der Waals surface area (Å²) in [6.07, 6.45) is 51.9. The lowest BCUT2D eigenvalue weighted by molar-refractivity contribution is -0.161. The summed E-state index contributed by atoms with van der Waals surface area (Å²) in [6.45, 7) is 4.91. The molecule has 0 aliphatic rings. The number of amides is 1. The van der Waals surface area contributed by atoms with Crippen molar-refractivity contribution in [2.75, 3.05) is 19.8 Å². The van der Waals surface area contributed by atoms with Gasteiger partial charge in [-0.25, -0.2) is 9.36 Å². The Morgan fingerprint density at radius 2 is 0.761 bits per heavy atom. The smallest absolute Gasteiger partial charge is 0.472 e. The SMILES string of the molecule is CCCCCCCCC=CCCCCCCCC(=O)OC(COC(=O)CCCCCCCCCCCCCCCCC)COP(=O)(O)OCC(NC(=O)CCCCCCCCCCCCCCC)C(=O)O. The van der Waals surface area contributed by atoms with Crippen LogP contribution in [0.15, 0.2) is 12.2 Å². The third-order valence-corrected chi connectivity index (χ3v) is 14.3. The molecule has 418 valence electrons. The second-order valence-corrected chi connectivity index (χ2v) is 21.8. The molecule has 0 aromatic carbocycles. The van der Waals surface area contributed by atoms with Gasteiger partial charge in [-0.05, 0) is 44.9 Å². The summed E-state index contributed by atoms with van der Waals surface area (Å²) in [6, 6.07) is -1.57. The van der Waals surface area contributed by atoms with Gasteiger partial charge in [-0.2, -0.15) is 0 Å². The number of carboxylic acid groups (broad SMARTS) is 1. The van der Waals surface area contributed by atoms with Gasteiger partial charge in [0.25, 0.3) is 0 Å². The number of unbranched alkanes of at least 4 members (excludes halogenated alkanes) is 37. The van der Waals surface area contributed by atoms with Crippen LogP contribution >= 0.6 is 7.82 Å². The van der Waals surface area contributed by atoms with E-state index >= 15 is 0 Å². The highest BCUT2D eigenvalue weighted by Gasteiger charge is 2.30. The summed E-state index contributed by atoms with van der Waals surface area (Å²) in [5.74, 6) is -2.91. The van der Waals surface area contributed by atoms with Crippen LogP contribution in [0.1, 0.15) is 303 Å². The summed E-state index contributed by atoms with van der Waals surface area (Å²) < 4.78 is 34.1. The van der Waals surface area contributed by atoms with Crippen molar-refractivity contribution in [3.8, 4) is 0 Å². The number of esters is 2. The van der Waals surface area contributed by atoms with Gasteiger partial charge in [-0.3, -0.25) is 23.4 Å². The van der Waals surface area contributed by atoms with Crippen molar-refractivity contribution in [1.29, 1.82) is 0 Å². The molecule has 3 unspecified atom stereocenters. The fourth-order valence-electron chi connectivity index (χ4n) is 8.73. The maximum Gasteiger partial charge on any atom is 0.472 e. The van der Waals surface area contributed by atoms with Crippen molar-refractivity contribution in [1.82, 2.24) is 5.32 Å². The number of hydrogen-bond donors (Lipinski definition) is 3. The predicted molar refractivity (Wildman–Crippen MR) is 291 cm³/mol. The minimum Gasteiger partial charge on any atom is -0.480 e. The number of ether oxygens (including phenoxy) is 2. The van der Waals surface area contributed by atoms with Crippen molar-refractivity contribution in [3.63, 3.8) is 0 Å². The third-order valence-electron chi connectivity index (χ3n) is 13.3. The summed E-state index contributed by atoms with van der Waals surface area (Å²) in [5, 5.41) is 12.1. The quantitative estimate of drug-likeness (QED) is 0.0229. The first kappa shape index (κ1) is 68.7. The zero-order valence-corrected chi connectivity index (χ0v) is 47.0. The van der Waals surface area contributed by atoms with Gasteiger partial charge in [-0.1, -0.05) is 251 Å². The molecule has 3 N–H and O–H groups in total. The number of hydrogen-bond acceptors (Lipinski definition) is 9. The van der Waals surface area contributed by atoms with Crippen molar-refractivity contribution in [3.05, 3.63) is 12.2 Å². The van der Waals surface area contributed by atoms with Crippen LogP contribution in [0.25, 0.3) is 0 Å². The Balaban J connectivity index is 4.77. The first-order valence-electron chi connectivity index (χ1n) is 29.7. The van der Waals surface area contributed by atoms with Crippen LogP contribution in [0.2, 0.25) is 0 Å². The molecule has 13 heteroatoms. The summed E-state index contributed by atoms with van der Waals surface area (Å²) in [5.41, 5.74) is 0. The Bertz CT molecular complexity index is 1310. The normalized spacial score (nSPS) is 13.3. The number of aliphatic carboxylic acids is 1. The molecule has 0 aliphatic carbocycles. The van der Waals surface area contributed by atoms with E-state index in [9.17, 15) is 33.7 Å². The number of allylic oxidation sites excluding steroid dienone is 2. The van der Waals surface area contributed by atoms with E-state index in [1.807, 2.05) is 0 Å². The largest absolute Gasteiger partial charge is 0.480 e. The Labute approximate surface area is 435 Å². The van der Waals surface area contributed by atoms with Gasteiger partial charge < -0.3 is 24.8 Å². The molecule has 0 spiro atoms. The predicted octanol–water partition coefficient (Wildman–Crippen LogP) is 16.9. The van der Waals surface area contributed by atoms with Crippen LogP contribution in [0, 0.1) is 0 Å². The Kier molecular flexibility index (Phi) is 50.9. The molecule has 0 heterocycles. The third kappa shape index (κ3) is 51.0. The molecule has 0 aliphatic heterocycles. The van der Waals surface area contributed by atoms with Gasteiger partial charge >= 0.3 is 25.7 Å². The molecule has 0 aromatic heterocycles. The molecular weight excluding hydrogens is 918 g/mol. The molecule has 0 rings (SSSR count). The van der Waals surface area contributed by atoms with E-state index in [4.69, 9.17) is 18.5 Å². The van der Waals surface area contributed by atoms with Gasteiger partial charge in [0.05, 0.1) is 13.2 Å². The van der Waals surface area contributed by atoms with Crippen LogP contribution in [-0.4, -0.2) is 65.8 Å². The van der Waals surface area contributed by atoms with Crippen LogP contribution in [0.5, 0.6) is 0 Å². The van der Waals surface area contributed by atoms with Gasteiger partial charge in [0.2, 0.25) is 5.91 Å². The van der Waals surface area contributed by atoms with E-state index in [1.165, 1.54) is 167 Å². The fraction of sp³-hybridized carbons (Fsp3) is 0.897. The highest BCUT2D eigenvalue weighted by atomic mass is 31.2. The molecular formula is C58H110NO11P. The van der Waals surface area contributed by atoms with Gasteiger partial charge in [0.15, 0.2) is 12.1 Å². The van der Waals surface area contributed by atoms with Crippen LogP contribution in [-0.2, 0) is 42.3 Å². The average molecular weight is 1030 g/mol. The van der Waals surface area contributed by atoms with Crippen molar-refractivity contribution >= 4 is 31.6 Å². The summed E-state index contributed by atoms with van der Waals surface area (Å²) >= 11 is 0. The number of phosphoric acid groups is 1. The average Bonchev–Trinajstić information content (AvgIpc) is 3.34. The zero-order valence-electron chi connectivity index (χ0n) is 46.1. The monoisotopic (exact) mass is 1030 g/mol. The molecule has 71 heavy (non-hydrogen) atoms. The van der Waals surface area contributed by atoms with E-state index < -0.39 is 57.0 Å². The Morgan fingerprint density at radius 3 is 1.14 bits per heavy atom. The lowest BCUT2D eigenvalue weighted by Gasteiger charge is -2.21. The van der Waals surface area contributed by atoms with Crippen LogP contribution in [0.4, 0.5) is 0 Å². The highest BCUT2D eigenvalue weighted by molar-refractivity contribution is 7.47. The molecule has 3 atom stereocenters. The van der Waals surface area contributed by atoms with Gasteiger partial charge in [0.1, 0.15) is 6.61 Å². The van der Waals surface area contributed by atoms with E-state index in [0.717, 1.165) is 77.0 Å². The van der Waals surface area contributed by atoms with E-state index in [1.54, 1.807) is 0 Å². The first-order valence-corrected chi connectivity index (χ1v) is 31.2. The van der Waals surface area contributed by atoms with E-state index in [-0.39, 0.29) is 25.9 Å².